The lowest BCUT2D eigenvalue weighted by Gasteiger charge is -2.19. The van der Waals surface area contributed by atoms with Crippen LogP contribution in [-0.2, 0) is 10.0 Å². The standard InChI is InChI=1S/C12H17N3O2S/c1-13-18(16,17)11-7-8-12(14-9-11)15-10-5-3-2-4-6-10/h2-3,7-10,13H,4-6H2,1H3,(H,14,15). The third kappa shape index (κ3) is 3.08. The zero-order valence-electron chi connectivity index (χ0n) is 10.3. The summed E-state index contributed by atoms with van der Waals surface area (Å²) in [6.07, 6.45) is 8.83. The Bertz CT molecular complexity index is 523. The molecule has 1 aliphatic carbocycles. The first-order valence-electron chi connectivity index (χ1n) is 5.93. The molecule has 0 saturated heterocycles. The highest BCUT2D eigenvalue weighted by Crippen LogP contribution is 2.16. The Balaban J connectivity index is 2.06. The molecule has 6 heteroatoms. The molecule has 1 aromatic heterocycles. The van der Waals surface area contributed by atoms with E-state index in [1.54, 1.807) is 12.1 Å². The molecule has 0 aromatic carbocycles. The van der Waals surface area contributed by atoms with Gasteiger partial charge in [0, 0.05) is 12.2 Å². The highest BCUT2D eigenvalue weighted by Gasteiger charge is 2.13. The summed E-state index contributed by atoms with van der Waals surface area (Å²) < 4.78 is 25.3. The van der Waals surface area contributed by atoms with Crippen molar-refractivity contribution >= 4 is 15.8 Å². The van der Waals surface area contributed by atoms with E-state index >= 15 is 0 Å². The average molecular weight is 267 g/mol. The Kier molecular flexibility index (Phi) is 3.98. The van der Waals surface area contributed by atoms with Crippen molar-refractivity contribution in [3.8, 4) is 0 Å². The Labute approximate surface area is 107 Å². The summed E-state index contributed by atoms with van der Waals surface area (Å²) >= 11 is 0. The first-order chi connectivity index (χ1) is 8.62. The van der Waals surface area contributed by atoms with Crippen LogP contribution in [0.4, 0.5) is 5.82 Å². The molecule has 5 nitrogen and oxygen atoms in total. The molecule has 0 radical (unpaired) electrons. The molecule has 0 amide bonds. The predicted molar refractivity (Wildman–Crippen MR) is 70.9 cm³/mol. The fraction of sp³-hybridized carbons (Fsp3) is 0.417. The minimum Gasteiger partial charge on any atom is -0.367 e. The van der Waals surface area contributed by atoms with Crippen molar-refractivity contribution in [3.63, 3.8) is 0 Å². The van der Waals surface area contributed by atoms with Crippen LogP contribution in [0.25, 0.3) is 0 Å². The molecular weight excluding hydrogens is 250 g/mol. The summed E-state index contributed by atoms with van der Waals surface area (Å²) in [6, 6.07) is 3.64. The second kappa shape index (κ2) is 5.49. The van der Waals surface area contributed by atoms with Crippen molar-refractivity contribution in [2.45, 2.75) is 30.2 Å². The maximum atomic E-state index is 11.5. The molecule has 1 aliphatic rings. The number of aromatic nitrogens is 1. The number of hydrogen-bond donors (Lipinski definition) is 2. The van der Waals surface area contributed by atoms with Gasteiger partial charge in [-0.25, -0.2) is 18.1 Å². The molecule has 0 fully saturated rings. The van der Waals surface area contributed by atoms with Crippen LogP contribution in [0.1, 0.15) is 19.3 Å². The number of rotatable bonds is 4. The van der Waals surface area contributed by atoms with E-state index in [2.05, 4.69) is 27.2 Å². The molecule has 0 aliphatic heterocycles. The van der Waals surface area contributed by atoms with Crippen molar-refractivity contribution in [1.82, 2.24) is 9.71 Å². The van der Waals surface area contributed by atoms with Crippen LogP contribution in [0.2, 0.25) is 0 Å². The molecule has 18 heavy (non-hydrogen) atoms. The fourth-order valence-electron chi connectivity index (χ4n) is 1.88. The summed E-state index contributed by atoms with van der Waals surface area (Å²) in [5.41, 5.74) is 0. The van der Waals surface area contributed by atoms with Crippen molar-refractivity contribution in [3.05, 3.63) is 30.5 Å². The number of nitrogens with zero attached hydrogens (tertiary/aromatic N) is 1. The quantitative estimate of drug-likeness (QED) is 0.811. The van der Waals surface area contributed by atoms with Gasteiger partial charge in [0.15, 0.2) is 0 Å². The summed E-state index contributed by atoms with van der Waals surface area (Å²) in [4.78, 5) is 4.31. The van der Waals surface area contributed by atoms with Crippen LogP contribution in [0, 0.1) is 0 Å². The number of sulfonamides is 1. The van der Waals surface area contributed by atoms with Crippen LogP contribution in [0.5, 0.6) is 0 Å². The molecule has 1 aromatic rings. The van der Waals surface area contributed by atoms with Gasteiger partial charge in [-0.3, -0.25) is 0 Å². The van der Waals surface area contributed by atoms with Crippen LogP contribution < -0.4 is 10.0 Å². The summed E-state index contributed by atoms with van der Waals surface area (Å²) in [5.74, 6) is 0.713. The SMILES string of the molecule is CNS(=O)(=O)c1ccc(NC2CC=CCC2)nc1. The first kappa shape index (κ1) is 13.0. The zero-order chi connectivity index (χ0) is 13.0. The lowest BCUT2D eigenvalue weighted by Crippen LogP contribution is -2.21. The van der Waals surface area contributed by atoms with Gasteiger partial charge in [0.2, 0.25) is 10.0 Å². The molecule has 1 heterocycles. The van der Waals surface area contributed by atoms with E-state index in [0.29, 0.717) is 11.9 Å². The van der Waals surface area contributed by atoms with Crippen molar-refractivity contribution in [2.75, 3.05) is 12.4 Å². The molecule has 2 N–H and O–H groups in total. The summed E-state index contributed by atoms with van der Waals surface area (Å²) in [7, 11) is -2.01. The molecule has 0 spiro atoms. The van der Waals surface area contributed by atoms with Crippen molar-refractivity contribution in [1.29, 1.82) is 0 Å². The van der Waals surface area contributed by atoms with Gasteiger partial charge in [-0.2, -0.15) is 0 Å². The van der Waals surface area contributed by atoms with E-state index in [0.717, 1.165) is 19.3 Å². The van der Waals surface area contributed by atoms with Crippen LogP contribution in [0.15, 0.2) is 35.4 Å². The van der Waals surface area contributed by atoms with Crippen molar-refractivity contribution < 1.29 is 8.42 Å². The van der Waals surface area contributed by atoms with Gasteiger partial charge in [0.25, 0.3) is 0 Å². The van der Waals surface area contributed by atoms with E-state index in [-0.39, 0.29) is 4.90 Å². The van der Waals surface area contributed by atoms with Gasteiger partial charge in [-0.15, -0.1) is 0 Å². The highest BCUT2D eigenvalue weighted by atomic mass is 32.2. The van der Waals surface area contributed by atoms with Gasteiger partial charge in [-0.05, 0) is 38.4 Å². The fourth-order valence-corrected chi connectivity index (χ4v) is 2.55. The summed E-state index contributed by atoms with van der Waals surface area (Å²) in [5, 5.41) is 3.30. The maximum Gasteiger partial charge on any atom is 0.241 e. The Morgan fingerprint density at radius 1 is 1.33 bits per heavy atom. The van der Waals surface area contributed by atoms with Crippen LogP contribution in [0.3, 0.4) is 0 Å². The average Bonchev–Trinajstić information content (AvgIpc) is 2.40. The van der Waals surface area contributed by atoms with Gasteiger partial charge in [0.05, 0.1) is 0 Å². The minimum absolute atomic E-state index is 0.180. The van der Waals surface area contributed by atoms with E-state index in [1.165, 1.54) is 13.2 Å². The van der Waals surface area contributed by atoms with E-state index in [4.69, 9.17) is 0 Å². The molecule has 1 unspecified atom stereocenters. The Hall–Kier alpha value is -1.40. The summed E-state index contributed by atoms with van der Waals surface area (Å²) in [6.45, 7) is 0. The smallest absolute Gasteiger partial charge is 0.241 e. The third-order valence-electron chi connectivity index (χ3n) is 2.94. The van der Waals surface area contributed by atoms with Crippen LogP contribution in [-0.4, -0.2) is 26.5 Å². The monoisotopic (exact) mass is 267 g/mol. The molecule has 2 rings (SSSR count). The van der Waals surface area contributed by atoms with Gasteiger partial charge >= 0.3 is 0 Å². The Morgan fingerprint density at radius 3 is 2.72 bits per heavy atom. The minimum atomic E-state index is -3.40. The van der Waals surface area contributed by atoms with E-state index in [9.17, 15) is 8.42 Å². The van der Waals surface area contributed by atoms with Crippen molar-refractivity contribution in [2.24, 2.45) is 0 Å². The third-order valence-corrected chi connectivity index (χ3v) is 4.34. The maximum absolute atomic E-state index is 11.5. The number of allylic oxidation sites excluding steroid dienone is 1. The topological polar surface area (TPSA) is 71.1 Å². The zero-order valence-corrected chi connectivity index (χ0v) is 11.1. The molecule has 1 atom stereocenters. The van der Waals surface area contributed by atoms with E-state index in [1.807, 2.05) is 0 Å². The lowest BCUT2D eigenvalue weighted by molar-refractivity contribution is 0.588. The second-order valence-corrected chi connectivity index (χ2v) is 6.10. The van der Waals surface area contributed by atoms with Gasteiger partial charge in [0.1, 0.15) is 10.7 Å². The number of pyridine rings is 1. The largest absolute Gasteiger partial charge is 0.367 e. The van der Waals surface area contributed by atoms with E-state index < -0.39 is 10.0 Å². The van der Waals surface area contributed by atoms with Gasteiger partial charge in [-0.1, -0.05) is 12.2 Å². The predicted octanol–water partition coefficient (Wildman–Crippen LogP) is 1.51. The number of hydrogen-bond acceptors (Lipinski definition) is 4. The normalized spacial score (nSPS) is 19.7. The van der Waals surface area contributed by atoms with Crippen LogP contribution >= 0.6 is 0 Å². The number of anilines is 1. The first-order valence-corrected chi connectivity index (χ1v) is 7.41. The van der Waals surface area contributed by atoms with Gasteiger partial charge < -0.3 is 5.32 Å². The lowest BCUT2D eigenvalue weighted by atomic mass is 10.0. The second-order valence-electron chi connectivity index (χ2n) is 4.21. The molecule has 0 bridgehead atoms. The number of nitrogens with one attached hydrogen (secondary N) is 2. The Morgan fingerprint density at radius 2 is 2.17 bits per heavy atom. The molecular formula is C12H17N3O2S. The molecule has 98 valence electrons. The highest BCUT2D eigenvalue weighted by molar-refractivity contribution is 7.89. The molecule has 0 saturated carbocycles.